The molecule has 0 fully saturated rings. The number of allylic oxidation sites excluding steroid dienone is 2. The molecular formula is C21H22O5. The van der Waals surface area contributed by atoms with E-state index in [4.69, 9.17) is 13.9 Å². The Bertz CT molecular complexity index is 978. The predicted octanol–water partition coefficient (Wildman–Crippen LogP) is 5.04. The molecule has 5 heteroatoms. The standard InChI is InChI=1S/C21H22O5/c1-12(2)5-6-13-9-16-19(11-17(13)22)26-21(20(16)25-4)15-8-7-14(24-3)10-18(15)23/h5,7-11,22-23H,6H2,1-4H3. The van der Waals surface area contributed by atoms with E-state index in [2.05, 4.69) is 0 Å². The summed E-state index contributed by atoms with van der Waals surface area (Å²) in [5.74, 6) is 1.65. The van der Waals surface area contributed by atoms with Crippen molar-refractivity contribution < 1.29 is 24.1 Å². The van der Waals surface area contributed by atoms with Crippen LogP contribution in [0.15, 0.2) is 46.4 Å². The molecule has 0 unspecified atom stereocenters. The number of hydrogen-bond acceptors (Lipinski definition) is 5. The maximum atomic E-state index is 10.3. The van der Waals surface area contributed by atoms with Crippen LogP contribution in [0.2, 0.25) is 0 Å². The third-order valence-corrected chi connectivity index (χ3v) is 4.23. The van der Waals surface area contributed by atoms with Crippen molar-refractivity contribution in [1.29, 1.82) is 0 Å². The molecule has 5 nitrogen and oxygen atoms in total. The van der Waals surface area contributed by atoms with Crippen molar-refractivity contribution in [3.05, 3.63) is 47.5 Å². The van der Waals surface area contributed by atoms with Crippen LogP contribution < -0.4 is 9.47 Å². The Labute approximate surface area is 152 Å². The molecule has 0 atom stereocenters. The highest BCUT2D eigenvalue weighted by atomic mass is 16.5. The molecule has 0 radical (unpaired) electrons. The third-order valence-electron chi connectivity index (χ3n) is 4.23. The van der Waals surface area contributed by atoms with E-state index in [0.29, 0.717) is 34.8 Å². The molecule has 0 spiro atoms. The smallest absolute Gasteiger partial charge is 0.181 e. The number of ether oxygens (including phenoxy) is 2. The van der Waals surface area contributed by atoms with Crippen LogP contribution in [0.1, 0.15) is 19.4 Å². The van der Waals surface area contributed by atoms with Gasteiger partial charge in [-0.3, -0.25) is 0 Å². The second kappa shape index (κ2) is 7.04. The molecule has 0 bridgehead atoms. The van der Waals surface area contributed by atoms with Crippen molar-refractivity contribution in [2.24, 2.45) is 0 Å². The van der Waals surface area contributed by atoms with Gasteiger partial charge in [0.25, 0.3) is 0 Å². The van der Waals surface area contributed by atoms with Crippen LogP contribution in [0.3, 0.4) is 0 Å². The SMILES string of the molecule is COc1ccc(-c2oc3cc(O)c(CC=C(C)C)cc3c2OC)c(O)c1. The average molecular weight is 354 g/mol. The van der Waals surface area contributed by atoms with Crippen LogP contribution in [-0.2, 0) is 6.42 Å². The summed E-state index contributed by atoms with van der Waals surface area (Å²) in [7, 11) is 3.09. The molecule has 2 aromatic carbocycles. The lowest BCUT2D eigenvalue weighted by atomic mass is 10.1. The topological polar surface area (TPSA) is 72.1 Å². The number of phenolic OH excluding ortho intramolecular Hbond substituents is 2. The average Bonchev–Trinajstić information content (AvgIpc) is 2.96. The van der Waals surface area contributed by atoms with Crippen LogP contribution in [0.25, 0.3) is 22.3 Å². The minimum Gasteiger partial charge on any atom is -0.508 e. The zero-order chi connectivity index (χ0) is 18.8. The summed E-state index contributed by atoms with van der Waals surface area (Å²) >= 11 is 0. The van der Waals surface area contributed by atoms with E-state index in [9.17, 15) is 10.2 Å². The first kappa shape index (κ1) is 17.7. The molecular weight excluding hydrogens is 332 g/mol. The number of hydrogen-bond donors (Lipinski definition) is 2. The van der Waals surface area contributed by atoms with E-state index >= 15 is 0 Å². The Hall–Kier alpha value is -3.08. The molecule has 1 aromatic heterocycles. The Morgan fingerprint density at radius 1 is 1.04 bits per heavy atom. The van der Waals surface area contributed by atoms with Gasteiger partial charge < -0.3 is 24.1 Å². The summed E-state index contributed by atoms with van der Waals surface area (Å²) in [6.07, 6.45) is 2.66. The molecule has 1 heterocycles. The van der Waals surface area contributed by atoms with E-state index in [1.54, 1.807) is 25.3 Å². The van der Waals surface area contributed by atoms with Gasteiger partial charge in [0.15, 0.2) is 11.5 Å². The fourth-order valence-electron chi connectivity index (χ4n) is 2.84. The second-order valence-electron chi connectivity index (χ2n) is 6.31. The minimum atomic E-state index is 0.0238. The molecule has 0 saturated carbocycles. The van der Waals surface area contributed by atoms with Crippen molar-refractivity contribution in [2.75, 3.05) is 14.2 Å². The van der Waals surface area contributed by atoms with Crippen molar-refractivity contribution in [3.63, 3.8) is 0 Å². The minimum absolute atomic E-state index is 0.0238. The van der Waals surface area contributed by atoms with E-state index < -0.39 is 0 Å². The summed E-state index contributed by atoms with van der Waals surface area (Å²) in [6, 6.07) is 8.39. The Morgan fingerprint density at radius 3 is 2.42 bits per heavy atom. The number of furan rings is 1. The predicted molar refractivity (Wildman–Crippen MR) is 101 cm³/mol. The van der Waals surface area contributed by atoms with Crippen molar-refractivity contribution in [2.45, 2.75) is 20.3 Å². The fourth-order valence-corrected chi connectivity index (χ4v) is 2.84. The Kier molecular flexibility index (Phi) is 4.80. The van der Waals surface area contributed by atoms with Gasteiger partial charge in [-0.2, -0.15) is 0 Å². The second-order valence-corrected chi connectivity index (χ2v) is 6.31. The van der Waals surface area contributed by atoms with Gasteiger partial charge in [0.05, 0.1) is 25.2 Å². The van der Waals surface area contributed by atoms with Crippen molar-refractivity contribution in [3.8, 4) is 34.3 Å². The zero-order valence-electron chi connectivity index (χ0n) is 15.3. The lowest BCUT2D eigenvalue weighted by molar-refractivity contribution is 0.405. The first-order valence-corrected chi connectivity index (χ1v) is 8.27. The van der Waals surface area contributed by atoms with Gasteiger partial charge in [-0.25, -0.2) is 0 Å². The van der Waals surface area contributed by atoms with E-state index in [0.717, 1.165) is 10.9 Å². The molecule has 0 aliphatic rings. The maximum Gasteiger partial charge on any atom is 0.181 e. The molecule has 0 aliphatic carbocycles. The number of phenols is 2. The zero-order valence-corrected chi connectivity index (χ0v) is 15.3. The third kappa shape index (κ3) is 3.20. The summed E-state index contributed by atoms with van der Waals surface area (Å²) in [4.78, 5) is 0. The maximum absolute atomic E-state index is 10.3. The summed E-state index contributed by atoms with van der Waals surface area (Å²) in [5, 5.41) is 21.4. The summed E-state index contributed by atoms with van der Waals surface area (Å²) < 4.78 is 16.6. The van der Waals surface area contributed by atoms with Gasteiger partial charge in [0.1, 0.15) is 22.8 Å². The highest BCUT2D eigenvalue weighted by molar-refractivity contribution is 5.94. The lowest BCUT2D eigenvalue weighted by Crippen LogP contribution is -1.88. The fraction of sp³-hybridized carbons (Fsp3) is 0.238. The highest BCUT2D eigenvalue weighted by Crippen LogP contribution is 2.45. The normalized spacial score (nSPS) is 10.8. The van der Waals surface area contributed by atoms with Gasteiger partial charge >= 0.3 is 0 Å². The quantitative estimate of drug-likeness (QED) is 0.628. The van der Waals surface area contributed by atoms with Crippen LogP contribution in [0.4, 0.5) is 0 Å². The monoisotopic (exact) mass is 354 g/mol. The number of fused-ring (bicyclic) bond motifs is 1. The van der Waals surface area contributed by atoms with Gasteiger partial charge in [-0.1, -0.05) is 11.6 Å². The summed E-state index contributed by atoms with van der Waals surface area (Å²) in [6.45, 7) is 4.02. The first-order valence-electron chi connectivity index (χ1n) is 8.27. The molecule has 26 heavy (non-hydrogen) atoms. The van der Waals surface area contributed by atoms with Crippen LogP contribution >= 0.6 is 0 Å². The molecule has 0 saturated heterocycles. The van der Waals surface area contributed by atoms with Gasteiger partial charge in [-0.05, 0) is 44.0 Å². The summed E-state index contributed by atoms with van der Waals surface area (Å²) in [5.41, 5.74) is 2.94. The number of methoxy groups -OCH3 is 2. The van der Waals surface area contributed by atoms with Crippen molar-refractivity contribution >= 4 is 11.0 Å². The van der Waals surface area contributed by atoms with E-state index in [-0.39, 0.29) is 11.5 Å². The molecule has 3 aromatic rings. The molecule has 2 N–H and O–H groups in total. The Balaban J connectivity index is 2.17. The molecule has 136 valence electrons. The largest absolute Gasteiger partial charge is 0.508 e. The Morgan fingerprint density at radius 2 is 1.81 bits per heavy atom. The molecule has 0 aliphatic heterocycles. The van der Waals surface area contributed by atoms with E-state index in [1.807, 2.05) is 26.0 Å². The first-order chi connectivity index (χ1) is 12.4. The van der Waals surface area contributed by atoms with Crippen molar-refractivity contribution in [1.82, 2.24) is 0 Å². The van der Waals surface area contributed by atoms with E-state index in [1.165, 1.54) is 18.7 Å². The van der Waals surface area contributed by atoms with Crippen LogP contribution in [0, 0.1) is 0 Å². The lowest BCUT2D eigenvalue weighted by Gasteiger charge is -2.06. The highest BCUT2D eigenvalue weighted by Gasteiger charge is 2.21. The van der Waals surface area contributed by atoms with Gasteiger partial charge in [-0.15, -0.1) is 0 Å². The number of rotatable bonds is 5. The van der Waals surface area contributed by atoms with Gasteiger partial charge in [0, 0.05) is 12.1 Å². The molecule has 0 amide bonds. The molecule has 3 rings (SSSR count). The number of aromatic hydroxyl groups is 2. The van der Waals surface area contributed by atoms with Crippen LogP contribution in [-0.4, -0.2) is 24.4 Å². The number of benzene rings is 2. The van der Waals surface area contributed by atoms with Gasteiger partial charge in [0.2, 0.25) is 0 Å². The van der Waals surface area contributed by atoms with Crippen LogP contribution in [0.5, 0.6) is 23.0 Å².